The summed E-state index contributed by atoms with van der Waals surface area (Å²) in [5.41, 5.74) is -0.225. The summed E-state index contributed by atoms with van der Waals surface area (Å²) in [6.07, 6.45) is 1.17. The Balaban J connectivity index is 2.10. The minimum absolute atomic E-state index is 0.558. The van der Waals surface area contributed by atoms with Crippen LogP contribution in [0.3, 0.4) is 0 Å². The molecule has 0 saturated carbocycles. The van der Waals surface area contributed by atoms with Gasteiger partial charge in [0, 0.05) is 19.6 Å². The zero-order valence-electron chi connectivity index (χ0n) is 12.6. The van der Waals surface area contributed by atoms with E-state index in [1.807, 2.05) is 18.2 Å². The first-order valence-corrected chi connectivity index (χ1v) is 7.79. The highest BCUT2D eigenvalue weighted by atomic mass is 35.5. The summed E-state index contributed by atoms with van der Waals surface area (Å²) < 4.78 is 0. The molecule has 4 nitrogen and oxygen atoms in total. The summed E-state index contributed by atoms with van der Waals surface area (Å²) in [6, 6.07) is 7.30. The minimum atomic E-state index is -0.918. The fourth-order valence-electron chi connectivity index (χ4n) is 2.85. The largest absolute Gasteiger partial charge is 0.480 e. The van der Waals surface area contributed by atoms with Gasteiger partial charge in [-0.05, 0) is 30.9 Å². The van der Waals surface area contributed by atoms with Gasteiger partial charge in [0.1, 0.15) is 5.54 Å². The second kappa shape index (κ2) is 6.67. The lowest BCUT2D eigenvalue weighted by atomic mass is 9.86. The number of benzene rings is 1. The number of rotatable bonds is 5. The molecule has 1 aliphatic rings. The summed E-state index contributed by atoms with van der Waals surface area (Å²) in [5.74, 6) is -0.203. The number of nitrogens with zero attached hydrogens (tertiary/aromatic N) is 1. The van der Waals surface area contributed by atoms with E-state index in [2.05, 4.69) is 24.1 Å². The highest BCUT2D eigenvalue weighted by Crippen LogP contribution is 2.31. The van der Waals surface area contributed by atoms with Gasteiger partial charge in [-0.2, -0.15) is 0 Å². The number of hydrogen-bond acceptors (Lipinski definition) is 3. The molecule has 0 aliphatic carbocycles. The Kier molecular flexibility index (Phi) is 5.12. The molecule has 0 atom stereocenters. The summed E-state index contributed by atoms with van der Waals surface area (Å²) in [4.78, 5) is 14.1. The van der Waals surface area contributed by atoms with E-state index < -0.39 is 11.5 Å². The second-order valence-corrected chi connectivity index (χ2v) is 6.59. The fraction of sp³-hybridized carbons (Fsp3) is 0.562. The average Bonchev–Trinajstić information content (AvgIpc) is 2.43. The quantitative estimate of drug-likeness (QED) is 0.876. The number of anilines is 1. The molecule has 1 aromatic rings. The standard InChI is InChI=1S/C16H23ClN2O2/c1-12(2)11-19-9-7-16(8-10-19,15(20)21)18-14-6-4-3-5-13(14)17/h3-6,12,18H,7-11H2,1-2H3,(H,20,21). The van der Waals surface area contributed by atoms with Crippen LogP contribution in [0.25, 0.3) is 0 Å². The molecule has 21 heavy (non-hydrogen) atoms. The Labute approximate surface area is 131 Å². The topological polar surface area (TPSA) is 52.6 Å². The van der Waals surface area contributed by atoms with Gasteiger partial charge in [0.25, 0.3) is 0 Å². The Morgan fingerprint density at radius 2 is 2.00 bits per heavy atom. The van der Waals surface area contributed by atoms with E-state index >= 15 is 0 Å². The predicted octanol–water partition coefficient (Wildman–Crippen LogP) is 3.33. The van der Waals surface area contributed by atoms with Crippen LogP contribution in [0.1, 0.15) is 26.7 Å². The van der Waals surface area contributed by atoms with Crippen molar-refractivity contribution in [3.63, 3.8) is 0 Å². The van der Waals surface area contributed by atoms with Gasteiger partial charge in [0.05, 0.1) is 10.7 Å². The molecule has 0 bridgehead atoms. The maximum atomic E-state index is 11.8. The number of likely N-dealkylation sites (tertiary alicyclic amines) is 1. The van der Waals surface area contributed by atoms with Crippen molar-refractivity contribution in [2.45, 2.75) is 32.2 Å². The van der Waals surface area contributed by atoms with Crippen LogP contribution in [0.5, 0.6) is 0 Å². The van der Waals surface area contributed by atoms with Gasteiger partial charge in [-0.15, -0.1) is 0 Å². The molecule has 0 aromatic heterocycles. The van der Waals surface area contributed by atoms with Crippen molar-refractivity contribution in [3.8, 4) is 0 Å². The molecule has 5 heteroatoms. The number of aliphatic carboxylic acids is 1. The lowest BCUT2D eigenvalue weighted by Gasteiger charge is -2.40. The third-order valence-electron chi connectivity index (χ3n) is 3.99. The first kappa shape index (κ1) is 16.1. The van der Waals surface area contributed by atoms with E-state index in [4.69, 9.17) is 11.6 Å². The van der Waals surface area contributed by atoms with Crippen LogP contribution in [0.4, 0.5) is 5.69 Å². The van der Waals surface area contributed by atoms with E-state index in [-0.39, 0.29) is 0 Å². The lowest BCUT2D eigenvalue weighted by molar-refractivity contribution is -0.144. The highest BCUT2D eigenvalue weighted by molar-refractivity contribution is 6.33. The number of carboxylic acids is 1. The van der Waals surface area contributed by atoms with Crippen molar-refractivity contribution in [1.82, 2.24) is 4.90 Å². The van der Waals surface area contributed by atoms with Crippen molar-refractivity contribution in [2.24, 2.45) is 5.92 Å². The molecule has 0 spiro atoms. The van der Waals surface area contributed by atoms with Crippen molar-refractivity contribution >= 4 is 23.3 Å². The molecule has 1 saturated heterocycles. The van der Waals surface area contributed by atoms with E-state index in [0.717, 1.165) is 19.6 Å². The van der Waals surface area contributed by atoms with Crippen LogP contribution in [0.2, 0.25) is 5.02 Å². The number of carbonyl (C=O) groups is 1. The van der Waals surface area contributed by atoms with Crippen molar-refractivity contribution in [2.75, 3.05) is 25.0 Å². The maximum absolute atomic E-state index is 11.8. The molecule has 1 heterocycles. The number of nitrogens with one attached hydrogen (secondary N) is 1. The zero-order chi connectivity index (χ0) is 15.5. The van der Waals surface area contributed by atoms with Gasteiger partial charge in [0.15, 0.2) is 0 Å². The second-order valence-electron chi connectivity index (χ2n) is 6.19. The third kappa shape index (κ3) is 3.89. The number of piperidine rings is 1. The van der Waals surface area contributed by atoms with E-state index in [1.54, 1.807) is 6.07 Å². The SMILES string of the molecule is CC(C)CN1CCC(Nc2ccccc2Cl)(C(=O)O)CC1. The van der Waals surface area contributed by atoms with Crippen LogP contribution in [0.15, 0.2) is 24.3 Å². The molecular formula is C16H23ClN2O2. The highest BCUT2D eigenvalue weighted by Gasteiger charge is 2.41. The number of para-hydroxylation sites is 1. The summed E-state index contributed by atoms with van der Waals surface area (Å²) in [5, 5.41) is 13.4. The molecule has 1 aromatic carbocycles. The smallest absolute Gasteiger partial charge is 0.329 e. The summed E-state index contributed by atoms with van der Waals surface area (Å²) in [6.45, 7) is 6.97. The van der Waals surface area contributed by atoms with Gasteiger partial charge in [-0.25, -0.2) is 4.79 Å². The Hall–Kier alpha value is -1.26. The first-order valence-electron chi connectivity index (χ1n) is 7.41. The van der Waals surface area contributed by atoms with Crippen molar-refractivity contribution in [1.29, 1.82) is 0 Å². The predicted molar refractivity (Wildman–Crippen MR) is 86.0 cm³/mol. The molecule has 2 N–H and O–H groups in total. The molecule has 1 aliphatic heterocycles. The maximum Gasteiger partial charge on any atom is 0.329 e. The number of carboxylic acid groups (broad SMARTS) is 1. The van der Waals surface area contributed by atoms with E-state index in [1.165, 1.54) is 0 Å². The number of halogens is 1. The lowest BCUT2D eigenvalue weighted by Crippen LogP contribution is -2.54. The minimum Gasteiger partial charge on any atom is -0.480 e. The van der Waals surface area contributed by atoms with Gasteiger partial charge in [-0.1, -0.05) is 37.6 Å². The molecule has 0 radical (unpaired) electrons. The van der Waals surface area contributed by atoms with Crippen molar-refractivity contribution < 1.29 is 9.90 Å². The summed E-state index contributed by atoms with van der Waals surface area (Å²) in [7, 11) is 0. The van der Waals surface area contributed by atoms with E-state index in [0.29, 0.717) is 29.5 Å². The zero-order valence-corrected chi connectivity index (χ0v) is 13.4. The molecule has 0 unspecified atom stereocenters. The third-order valence-corrected chi connectivity index (χ3v) is 4.32. The first-order chi connectivity index (χ1) is 9.93. The average molecular weight is 311 g/mol. The Bertz CT molecular complexity index is 497. The van der Waals surface area contributed by atoms with Crippen LogP contribution in [0, 0.1) is 5.92 Å². The molecule has 116 valence electrons. The van der Waals surface area contributed by atoms with Crippen LogP contribution < -0.4 is 5.32 Å². The van der Waals surface area contributed by atoms with Gasteiger partial charge >= 0.3 is 5.97 Å². The van der Waals surface area contributed by atoms with E-state index in [9.17, 15) is 9.90 Å². The Morgan fingerprint density at radius 3 is 2.52 bits per heavy atom. The molecule has 0 amide bonds. The van der Waals surface area contributed by atoms with Crippen LogP contribution in [-0.2, 0) is 4.79 Å². The van der Waals surface area contributed by atoms with Crippen LogP contribution >= 0.6 is 11.6 Å². The van der Waals surface area contributed by atoms with Gasteiger partial charge in [-0.3, -0.25) is 0 Å². The van der Waals surface area contributed by atoms with Gasteiger partial charge < -0.3 is 15.3 Å². The Morgan fingerprint density at radius 1 is 1.38 bits per heavy atom. The van der Waals surface area contributed by atoms with Crippen LogP contribution in [-0.4, -0.2) is 41.1 Å². The van der Waals surface area contributed by atoms with Crippen molar-refractivity contribution in [3.05, 3.63) is 29.3 Å². The molecule has 1 fully saturated rings. The normalized spacial score (nSPS) is 18.7. The monoisotopic (exact) mass is 310 g/mol. The summed E-state index contributed by atoms with van der Waals surface area (Å²) >= 11 is 6.14. The number of hydrogen-bond donors (Lipinski definition) is 2. The molecule has 2 rings (SSSR count). The molecular weight excluding hydrogens is 288 g/mol. The fourth-order valence-corrected chi connectivity index (χ4v) is 3.03. The van der Waals surface area contributed by atoms with Gasteiger partial charge in [0.2, 0.25) is 0 Å².